The zero-order chi connectivity index (χ0) is 10.4. The SMILES string of the molecule is O=C1c2ccccc2-c2nc(Br)ccc21. The van der Waals surface area contributed by atoms with Gasteiger partial charge in [-0.1, -0.05) is 24.3 Å². The van der Waals surface area contributed by atoms with E-state index in [2.05, 4.69) is 20.9 Å². The third-order valence-corrected chi connectivity index (χ3v) is 2.97. The molecule has 0 fully saturated rings. The minimum Gasteiger partial charge on any atom is -0.289 e. The number of pyridine rings is 1. The number of nitrogens with zero attached hydrogens (tertiary/aromatic N) is 1. The van der Waals surface area contributed by atoms with Crippen molar-refractivity contribution in [3.63, 3.8) is 0 Å². The van der Waals surface area contributed by atoms with Crippen molar-refractivity contribution in [3.05, 3.63) is 52.1 Å². The lowest BCUT2D eigenvalue weighted by Gasteiger charge is -1.97. The molecule has 0 unspecified atom stereocenters. The molecule has 0 spiro atoms. The first-order valence-electron chi connectivity index (χ1n) is 4.58. The highest BCUT2D eigenvalue weighted by molar-refractivity contribution is 9.10. The zero-order valence-electron chi connectivity index (χ0n) is 7.70. The normalized spacial score (nSPS) is 12.5. The van der Waals surface area contributed by atoms with Crippen molar-refractivity contribution in [2.24, 2.45) is 0 Å². The van der Waals surface area contributed by atoms with Gasteiger partial charge in [0, 0.05) is 16.7 Å². The number of fused-ring (bicyclic) bond motifs is 3. The van der Waals surface area contributed by atoms with Crippen molar-refractivity contribution in [2.45, 2.75) is 0 Å². The summed E-state index contributed by atoms with van der Waals surface area (Å²) in [5.74, 6) is 0.0700. The summed E-state index contributed by atoms with van der Waals surface area (Å²) in [5, 5.41) is 0. The molecule has 0 saturated carbocycles. The number of benzene rings is 1. The quantitative estimate of drug-likeness (QED) is 0.581. The van der Waals surface area contributed by atoms with Crippen LogP contribution >= 0.6 is 15.9 Å². The molecule has 2 nitrogen and oxygen atoms in total. The molecule has 1 aromatic heterocycles. The topological polar surface area (TPSA) is 30.0 Å². The molecule has 1 aromatic carbocycles. The highest BCUT2D eigenvalue weighted by Crippen LogP contribution is 2.35. The van der Waals surface area contributed by atoms with Crippen LogP contribution in [0.15, 0.2) is 41.0 Å². The highest BCUT2D eigenvalue weighted by atomic mass is 79.9. The van der Waals surface area contributed by atoms with Gasteiger partial charge in [0.15, 0.2) is 5.78 Å². The molecule has 0 radical (unpaired) electrons. The lowest BCUT2D eigenvalue weighted by molar-refractivity contribution is 0.104. The van der Waals surface area contributed by atoms with Crippen molar-refractivity contribution in [1.29, 1.82) is 0 Å². The lowest BCUT2D eigenvalue weighted by Crippen LogP contribution is -1.94. The molecule has 2 aromatic rings. The number of ketones is 1. The second-order valence-electron chi connectivity index (χ2n) is 3.40. The largest absolute Gasteiger partial charge is 0.289 e. The Kier molecular flexibility index (Phi) is 1.76. The lowest BCUT2D eigenvalue weighted by atomic mass is 10.1. The van der Waals surface area contributed by atoms with E-state index < -0.39 is 0 Å². The van der Waals surface area contributed by atoms with Gasteiger partial charge in [-0.2, -0.15) is 0 Å². The highest BCUT2D eigenvalue weighted by Gasteiger charge is 2.27. The fourth-order valence-corrected chi connectivity index (χ4v) is 2.17. The maximum atomic E-state index is 11.9. The number of aromatic nitrogens is 1. The number of carbonyl (C=O) groups is 1. The van der Waals surface area contributed by atoms with E-state index in [1.807, 2.05) is 30.3 Å². The van der Waals surface area contributed by atoms with E-state index in [9.17, 15) is 4.79 Å². The third-order valence-electron chi connectivity index (χ3n) is 2.53. The molecule has 3 rings (SSSR count). The molecule has 3 heteroatoms. The van der Waals surface area contributed by atoms with Gasteiger partial charge in [0.2, 0.25) is 0 Å². The van der Waals surface area contributed by atoms with Crippen LogP contribution in [0.3, 0.4) is 0 Å². The van der Waals surface area contributed by atoms with Gasteiger partial charge in [0.25, 0.3) is 0 Å². The fraction of sp³-hybridized carbons (Fsp3) is 0. The van der Waals surface area contributed by atoms with Crippen LogP contribution in [0, 0.1) is 0 Å². The van der Waals surface area contributed by atoms with Crippen LogP contribution in [0.4, 0.5) is 0 Å². The van der Waals surface area contributed by atoms with Crippen molar-refractivity contribution in [2.75, 3.05) is 0 Å². The molecular weight excluding hydrogens is 254 g/mol. The average molecular weight is 260 g/mol. The minimum atomic E-state index is 0.0700. The van der Waals surface area contributed by atoms with Gasteiger partial charge in [-0.25, -0.2) is 4.98 Å². The maximum absolute atomic E-state index is 11.9. The van der Waals surface area contributed by atoms with Crippen LogP contribution in [0.25, 0.3) is 11.3 Å². The molecule has 72 valence electrons. The molecule has 1 aliphatic rings. The van der Waals surface area contributed by atoms with E-state index >= 15 is 0 Å². The summed E-state index contributed by atoms with van der Waals surface area (Å²) < 4.78 is 0.755. The summed E-state index contributed by atoms with van der Waals surface area (Å²) >= 11 is 3.31. The molecule has 0 N–H and O–H groups in total. The molecular formula is C12H6BrNO. The Bertz CT molecular complexity index is 578. The van der Waals surface area contributed by atoms with Gasteiger partial charge in [0.05, 0.1) is 5.69 Å². The van der Waals surface area contributed by atoms with Gasteiger partial charge in [-0.3, -0.25) is 4.79 Å². The number of hydrogen-bond donors (Lipinski definition) is 0. The Hall–Kier alpha value is -1.48. The Morgan fingerprint density at radius 1 is 0.933 bits per heavy atom. The monoisotopic (exact) mass is 259 g/mol. The number of carbonyl (C=O) groups excluding carboxylic acids is 1. The minimum absolute atomic E-state index is 0.0700. The van der Waals surface area contributed by atoms with Crippen LogP contribution in [0.5, 0.6) is 0 Å². The smallest absolute Gasteiger partial charge is 0.195 e. The number of rotatable bonds is 0. The van der Waals surface area contributed by atoms with Crippen LogP contribution in [-0.2, 0) is 0 Å². The van der Waals surface area contributed by atoms with E-state index in [0.29, 0.717) is 5.56 Å². The molecule has 15 heavy (non-hydrogen) atoms. The summed E-state index contributed by atoms with van der Waals surface area (Å²) in [7, 11) is 0. The second-order valence-corrected chi connectivity index (χ2v) is 4.22. The first-order chi connectivity index (χ1) is 7.27. The Labute approximate surface area is 95.1 Å². The van der Waals surface area contributed by atoms with E-state index in [4.69, 9.17) is 0 Å². The molecule has 1 heterocycles. The summed E-state index contributed by atoms with van der Waals surface area (Å²) in [6.45, 7) is 0. The Morgan fingerprint density at radius 3 is 2.47 bits per heavy atom. The van der Waals surface area contributed by atoms with Crippen LogP contribution in [-0.4, -0.2) is 10.8 Å². The zero-order valence-corrected chi connectivity index (χ0v) is 9.28. The first kappa shape index (κ1) is 8.80. The van der Waals surface area contributed by atoms with E-state index in [1.165, 1.54) is 0 Å². The van der Waals surface area contributed by atoms with Gasteiger partial charge in [-0.05, 0) is 28.1 Å². The predicted molar refractivity (Wildman–Crippen MR) is 60.8 cm³/mol. The Morgan fingerprint density at radius 2 is 1.67 bits per heavy atom. The van der Waals surface area contributed by atoms with Crippen LogP contribution in [0.1, 0.15) is 15.9 Å². The van der Waals surface area contributed by atoms with Crippen molar-refractivity contribution >= 4 is 21.7 Å². The molecule has 0 bridgehead atoms. The van der Waals surface area contributed by atoms with Gasteiger partial charge < -0.3 is 0 Å². The van der Waals surface area contributed by atoms with Crippen molar-refractivity contribution < 1.29 is 4.79 Å². The van der Waals surface area contributed by atoms with Gasteiger partial charge >= 0.3 is 0 Å². The predicted octanol–water partition coefficient (Wildman–Crippen LogP) is 3.06. The summed E-state index contributed by atoms with van der Waals surface area (Å²) in [6.07, 6.45) is 0. The second kappa shape index (κ2) is 3.00. The van der Waals surface area contributed by atoms with E-state index in [0.717, 1.165) is 21.4 Å². The van der Waals surface area contributed by atoms with Gasteiger partial charge in [-0.15, -0.1) is 0 Å². The summed E-state index contributed by atoms with van der Waals surface area (Å²) in [6, 6.07) is 11.2. The molecule has 0 atom stereocenters. The van der Waals surface area contributed by atoms with Crippen LogP contribution < -0.4 is 0 Å². The van der Waals surface area contributed by atoms with E-state index in [1.54, 1.807) is 6.07 Å². The Balaban J connectivity index is 2.39. The van der Waals surface area contributed by atoms with Crippen LogP contribution in [0.2, 0.25) is 0 Å². The van der Waals surface area contributed by atoms with Crippen molar-refractivity contribution in [3.8, 4) is 11.3 Å². The third kappa shape index (κ3) is 1.16. The maximum Gasteiger partial charge on any atom is 0.195 e. The fourth-order valence-electron chi connectivity index (χ4n) is 1.86. The summed E-state index contributed by atoms with van der Waals surface area (Å²) in [5.41, 5.74) is 3.15. The van der Waals surface area contributed by atoms with Crippen molar-refractivity contribution in [1.82, 2.24) is 4.98 Å². The molecule has 1 aliphatic carbocycles. The number of halogens is 1. The van der Waals surface area contributed by atoms with Gasteiger partial charge in [0.1, 0.15) is 4.60 Å². The molecule has 0 amide bonds. The molecule has 0 saturated heterocycles. The van der Waals surface area contributed by atoms with E-state index in [-0.39, 0.29) is 5.78 Å². The summed E-state index contributed by atoms with van der Waals surface area (Å²) in [4.78, 5) is 16.3. The average Bonchev–Trinajstić information content (AvgIpc) is 2.54. The standard InChI is InChI=1S/C12H6BrNO/c13-10-6-5-9-11(14-10)7-3-1-2-4-8(7)12(9)15/h1-6H. The first-order valence-corrected chi connectivity index (χ1v) is 5.37. The molecule has 0 aliphatic heterocycles. The number of hydrogen-bond acceptors (Lipinski definition) is 2.